The first-order valence-electron chi connectivity index (χ1n) is 8.38. The highest BCUT2D eigenvalue weighted by Crippen LogP contribution is 2.45. The fourth-order valence-electron chi connectivity index (χ4n) is 3.15. The second-order valence-electron chi connectivity index (χ2n) is 6.80. The van der Waals surface area contributed by atoms with E-state index in [0.29, 0.717) is 17.8 Å². The summed E-state index contributed by atoms with van der Waals surface area (Å²) in [5, 5.41) is 9.71. The molecule has 0 saturated carbocycles. The fraction of sp³-hybridized carbons (Fsp3) is 0.421. The minimum atomic E-state index is -1.06. The Balaban J connectivity index is 2.79. The smallest absolute Gasteiger partial charge is 0.337 e. The van der Waals surface area contributed by atoms with Gasteiger partial charge in [0, 0.05) is 18.1 Å². The van der Waals surface area contributed by atoms with Crippen LogP contribution in [-0.4, -0.2) is 27.0 Å². The van der Waals surface area contributed by atoms with Gasteiger partial charge < -0.3 is 15.8 Å². The number of carbonyl (C=O) groups is 2. The van der Waals surface area contributed by atoms with Crippen LogP contribution in [0.3, 0.4) is 0 Å². The maximum absolute atomic E-state index is 12.4. The number of aryl methyl sites for hydroxylation is 1. The van der Waals surface area contributed by atoms with Crippen molar-refractivity contribution in [1.29, 1.82) is 0 Å². The van der Waals surface area contributed by atoms with Gasteiger partial charge in [-0.25, -0.2) is 4.79 Å². The number of rotatable bonds is 7. The van der Waals surface area contributed by atoms with Gasteiger partial charge in [0.15, 0.2) is 0 Å². The topological polar surface area (TPSA) is 109 Å². The summed E-state index contributed by atoms with van der Waals surface area (Å²) in [5.41, 5.74) is 6.77. The van der Waals surface area contributed by atoms with Gasteiger partial charge in [0.25, 0.3) is 0 Å². The summed E-state index contributed by atoms with van der Waals surface area (Å²) >= 11 is 0. The molecule has 1 amide bonds. The number of nitrogens with zero attached hydrogens (tertiary/aromatic N) is 1. The van der Waals surface area contributed by atoms with Gasteiger partial charge in [-0.3, -0.25) is 9.78 Å². The molecule has 6 nitrogen and oxygen atoms in total. The molecule has 0 saturated heterocycles. The fourth-order valence-corrected chi connectivity index (χ4v) is 3.15. The monoisotopic (exact) mass is 343 g/mol. The summed E-state index contributed by atoms with van der Waals surface area (Å²) < 4.78 is 0. The second-order valence-corrected chi connectivity index (χ2v) is 6.80. The molecule has 2 aromatic heterocycles. The maximum Gasteiger partial charge on any atom is 0.337 e. The Kier molecular flexibility index (Phi) is 5.30. The van der Waals surface area contributed by atoms with E-state index in [4.69, 9.17) is 5.73 Å². The molecule has 2 heterocycles. The highest BCUT2D eigenvalue weighted by atomic mass is 16.4. The number of nitrogens with two attached hydrogens (primary N) is 1. The molecule has 2 aromatic rings. The van der Waals surface area contributed by atoms with Crippen molar-refractivity contribution in [1.82, 2.24) is 9.97 Å². The van der Waals surface area contributed by atoms with E-state index in [9.17, 15) is 14.7 Å². The van der Waals surface area contributed by atoms with Gasteiger partial charge >= 0.3 is 5.97 Å². The van der Waals surface area contributed by atoms with Crippen LogP contribution in [0.5, 0.6) is 0 Å². The molecule has 6 heteroatoms. The van der Waals surface area contributed by atoms with E-state index < -0.39 is 23.2 Å². The SMILES string of the molecule is CCc1cnc(C(c2ccc[nH]2)C(C)(C(N)=O)C(C)C)c(C(=O)O)c1. The predicted octanol–water partition coefficient (Wildman–Crippen LogP) is 2.95. The number of amides is 1. The van der Waals surface area contributed by atoms with Crippen LogP contribution >= 0.6 is 0 Å². The van der Waals surface area contributed by atoms with Crippen molar-refractivity contribution in [2.75, 3.05) is 0 Å². The summed E-state index contributed by atoms with van der Waals surface area (Å²) in [6.07, 6.45) is 4.09. The Morgan fingerprint density at radius 2 is 2.08 bits per heavy atom. The number of carboxylic acids is 1. The maximum atomic E-state index is 12.4. The first-order chi connectivity index (χ1) is 11.7. The summed E-state index contributed by atoms with van der Waals surface area (Å²) in [5.74, 6) is -2.26. The Morgan fingerprint density at radius 3 is 2.52 bits per heavy atom. The molecular weight excluding hydrogens is 318 g/mol. The van der Waals surface area contributed by atoms with E-state index >= 15 is 0 Å². The molecule has 0 bridgehead atoms. The van der Waals surface area contributed by atoms with Gasteiger partial charge in [0.05, 0.1) is 22.6 Å². The minimum absolute atomic E-state index is 0.104. The highest BCUT2D eigenvalue weighted by Gasteiger charge is 2.46. The number of aromatic nitrogens is 2. The molecule has 0 spiro atoms. The molecule has 4 N–H and O–H groups in total. The molecule has 0 radical (unpaired) electrons. The first kappa shape index (κ1) is 18.7. The molecule has 0 aliphatic rings. The number of H-pyrrole nitrogens is 1. The zero-order valence-corrected chi connectivity index (χ0v) is 15.0. The van der Waals surface area contributed by atoms with Crippen LogP contribution in [0.15, 0.2) is 30.6 Å². The molecule has 2 rings (SSSR count). The Labute approximate surface area is 147 Å². The van der Waals surface area contributed by atoms with E-state index in [1.165, 1.54) is 0 Å². The largest absolute Gasteiger partial charge is 0.478 e. The Hall–Kier alpha value is -2.63. The van der Waals surface area contributed by atoms with Crippen LogP contribution in [0.25, 0.3) is 0 Å². The molecule has 0 aliphatic heterocycles. The van der Waals surface area contributed by atoms with Crippen molar-refractivity contribution in [3.05, 3.63) is 53.1 Å². The average molecular weight is 343 g/mol. The first-order valence-corrected chi connectivity index (χ1v) is 8.38. The number of aromatic amines is 1. The van der Waals surface area contributed by atoms with Crippen molar-refractivity contribution >= 4 is 11.9 Å². The van der Waals surface area contributed by atoms with E-state index in [2.05, 4.69) is 9.97 Å². The Morgan fingerprint density at radius 1 is 1.40 bits per heavy atom. The lowest BCUT2D eigenvalue weighted by Gasteiger charge is -2.38. The molecule has 134 valence electrons. The Bertz CT molecular complexity index is 768. The number of hydrogen-bond donors (Lipinski definition) is 3. The van der Waals surface area contributed by atoms with Crippen LogP contribution in [0.4, 0.5) is 0 Å². The van der Waals surface area contributed by atoms with Crippen molar-refractivity contribution in [2.24, 2.45) is 17.1 Å². The molecule has 2 atom stereocenters. The number of carboxylic acid groups (broad SMARTS) is 1. The van der Waals surface area contributed by atoms with Crippen LogP contribution in [0.2, 0.25) is 0 Å². The van der Waals surface area contributed by atoms with Crippen LogP contribution in [0, 0.1) is 11.3 Å². The molecule has 2 unspecified atom stereocenters. The average Bonchev–Trinajstić information content (AvgIpc) is 3.08. The number of carbonyl (C=O) groups excluding carboxylic acids is 1. The lowest BCUT2D eigenvalue weighted by Crippen LogP contribution is -2.45. The minimum Gasteiger partial charge on any atom is -0.478 e. The summed E-state index contributed by atoms with van der Waals surface area (Å²) in [6, 6.07) is 5.27. The standard InChI is InChI=1S/C19H25N3O3/c1-5-12-9-13(17(23)24)16(22-10-12)15(14-7-6-8-21-14)19(4,11(2)3)18(20)25/h6-11,15,21H,5H2,1-4H3,(H2,20,25)(H,23,24). The summed E-state index contributed by atoms with van der Waals surface area (Å²) in [4.78, 5) is 31.8. The normalized spacial score (nSPS) is 14.9. The molecular formula is C19H25N3O3. The molecule has 0 aliphatic carbocycles. The lowest BCUT2D eigenvalue weighted by atomic mass is 9.65. The summed E-state index contributed by atoms with van der Waals surface area (Å²) in [6.45, 7) is 7.52. The third-order valence-electron chi connectivity index (χ3n) is 5.15. The van der Waals surface area contributed by atoms with Gasteiger partial charge in [-0.15, -0.1) is 0 Å². The molecule has 0 aromatic carbocycles. The third-order valence-corrected chi connectivity index (χ3v) is 5.15. The van der Waals surface area contributed by atoms with Crippen molar-refractivity contribution in [3.63, 3.8) is 0 Å². The third kappa shape index (κ3) is 3.29. The van der Waals surface area contributed by atoms with Crippen molar-refractivity contribution in [2.45, 2.75) is 40.0 Å². The zero-order chi connectivity index (χ0) is 18.8. The number of hydrogen-bond acceptors (Lipinski definition) is 3. The van der Waals surface area contributed by atoms with E-state index in [1.54, 1.807) is 25.4 Å². The number of pyridine rings is 1. The zero-order valence-electron chi connectivity index (χ0n) is 15.0. The second kappa shape index (κ2) is 7.09. The molecule has 0 fully saturated rings. The molecule has 25 heavy (non-hydrogen) atoms. The van der Waals surface area contributed by atoms with Gasteiger partial charge in [0.1, 0.15) is 0 Å². The number of nitrogens with one attached hydrogen (secondary N) is 1. The van der Waals surface area contributed by atoms with Crippen LogP contribution in [0.1, 0.15) is 60.9 Å². The van der Waals surface area contributed by atoms with Gasteiger partial charge in [0.2, 0.25) is 5.91 Å². The highest BCUT2D eigenvalue weighted by molar-refractivity contribution is 5.90. The van der Waals surface area contributed by atoms with Crippen LogP contribution in [-0.2, 0) is 11.2 Å². The predicted molar refractivity (Wildman–Crippen MR) is 95.3 cm³/mol. The van der Waals surface area contributed by atoms with E-state index in [1.807, 2.05) is 32.9 Å². The van der Waals surface area contributed by atoms with Gasteiger partial charge in [-0.2, -0.15) is 0 Å². The van der Waals surface area contributed by atoms with Gasteiger partial charge in [-0.05, 0) is 43.0 Å². The summed E-state index contributed by atoms with van der Waals surface area (Å²) in [7, 11) is 0. The van der Waals surface area contributed by atoms with E-state index in [0.717, 1.165) is 5.56 Å². The lowest BCUT2D eigenvalue weighted by molar-refractivity contribution is -0.130. The van der Waals surface area contributed by atoms with Crippen molar-refractivity contribution in [3.8, 4) is 0 Å². The quantitative estimate of drug-likeness (QED) is 0.718. The number of primary amides is 1. The van der Waals surface area contributed by atoms with Crippen LogP contribution < -0.4 is 5.73 Å². The van der Waals surface area contributed by atoms with E-state index in [-0.39, 0.29) is 11.5 Å². The number of aromatic carboxylic acids is 1. The van der Waals surface area contributed by atoms with Crippen molar-refractivity contribution < 1.29 is 14.7 Å². The van der Waals surface area contributed by atoms with Gasteiger partial charge in [-0.1, -0.05) is 20.8 Å².